The summed E-state index contributed by atoms with van der Waals surface area (Å²) in [5.41, 5.74) is -0.766. The Bertz CT molecular complexity index is 1690. The maximum Gasteiger partial charge on any atom is 0.399 e. The van der Waals surface area contributed by atoms with Crippen molar-refractivity contribution in [3.05, 3.63) is 60.0 Å². The molecule has 2 N–H and O–H groups in total. The zero-order valence-corrected chi connectivity index (χ0v) is 23.3. The first kappa shape index (κ1) is 29.7. The molecule has 0 fully saturated rings. The van der Waals surface area contributed by atoms with Gasteiger partial charge in [-0.3, -0.25) is 24.0 Å². The maximum atomic E-state index is 13.4. The molecule has 0 saturated carbocycles. The van der Waals surface area contributed by atoms with E-state index in [-0.39, 0.29) is 17.1 Å². The van der Waals surface area contributed by atoms with Crippen LogP contribution in [0.1, 0.15) is 31.2 Å². The lowest BCUT2D eigenvalue weighted by Crippen LogP contribution is -2.36. The smallest absolute Gasteiger partial charge is 0.399 e. The number of anilines is 1. The Kier molecular flexibility index (Phi) is 7.96. The number of alkyl halides is 3. The third-order valence-corrected chi connectivity index (χ3v) is 6.83. The standard InChI is InChI=1S/C26H26F3N5O6S/c1-25(2,26(27,28)29)21-11-22(34-33-21)32-24(35)23(40-41(5,36)37)14-6-7-17(30-12-14)16-8-15-9-19(38-3)20(39-4)10-18(15)31-13-16/h6-13,23H,1-5H3,(H2,32,33,34,35). The summed E-state index contributed by atoms with van der Waals surface area (Å²) in [6, 6.07) is 9.31. The van der Waals surface area contributed by atoms with Gasteiger partial charge in [-0.2, -0.15) is 26.7 Å². The summed E-state index contributed by atoms with van der Waals surface area (Å²) in [6.07, 6.45) is -2.68. The molecule has 0 saturated heterocycles. The second-order valence-corrected chi connectivity index (χ2v) is 11.2. The summed E-state index contributed by atoms with van der Waals surface area (Å²) in [6.45, 7) is 1.90. The molecule has 1 aromatic carbocycles. The molecule has 41 heavy (non-hydrogen) atoms. The van der Waals surface area contributed by atoms with Gasteiger partial charge in [-0.15, -0.1) is 0 Å². The molecular weight excluding hydrogens is 567 g/mol. The van der Waals surface area contributed by atoms with Gasteiger partial charge >= 0.3 is 6.18 Å². The molecule has 15 heteroatoms. The van der Waals surface area contributed by atoms with E-state index in [1.807, 2.05) is 6.07 Å². The number of halogens is 3. The molecule has 1 unspecified atom stereocenters. The summed E-state index contributed by atoms with van der Waals surface area (Å²) >= 11 is 0. The van der Waals surface area contributed by atoms with Gasteiger partial charge < -0.3 is 14.8 Å². The monoisotopic (exact) mass is 593 g/mol. The summed E-state index contributed by atoms with van der Waals surface area (Å²) in [7, 11) is -1.11. The van der Waals surface area contributed by atoms with Crippen molar-refractivity contribution in [3.8, 4) is 22.8 Å². The van der Waals surface area contributed by atoms with Gasteiger partial charge in [-0.1, -0.05) is 6.07 Å². The number of H-pyrrole nitrogens is 1. The molecule has 11 nitrogen and oxygen atoms in total. The Balaban J connectivity index is 1.61. The number of hydrogen-bond acceptors (Lipinski definition) is 9. The summed E-state index contributed by atoms with van der Waals surface area (Å²) in [5.74, 6) is -0.197. The number of nitrogens with one attached hydrogen (secondary N) is 2. The first-order valence-corrected chi connectivity index (χ1v) is 13.7. The predicted molar refractivity (Wildman–Crippen MR) is 143 cm³/mol. The van der Waals surface area contributed by atoms with E-state index < -0.39 is 33.7 Å². The fourth-order valence-electron chi connectivity index (χ4n) is 3.80. The predicted octanol–water partition coefficient (Wildman–Crippen LogP) is 4.53. The molecule has 4 rings (SSSR count). The Labute approximate surface area is 233 Å². The van der Waals surface area contributed by atoms with E-state index in [1.165, 1.54) is 26.5 Å². The van der Waals surface area contributed by atoms with Gasteiger partial charge in [0.15, 0.2) is 23.4 Å². The average Bonchev–Trinajstić information content (AvgIpc) is 3.38. The molecule has 3 heterocycles. The molecule has 0 aliphatic heterocycles. The number of aromatic amines is 1. The lowest BCUT2D eigenvalue weighted by molar-refractivity contribution is -0.181. The van der Waals surface area contributed by atoms with Crippen LogP contribution in [-0.2, 0) is 24.5 Å². The van der Waals surface area contributed by atoms with Crippen molar-refractivity contribution in [1.82, 2.24) is 20.2 Å². The minimum absolute atomic E-state index is 0.0724. The average molecular weight is 594 g/mol. The summed E-state index contributed by atoms with van der Waals surface area (Å²) < 4.78 is 79.6. The van der Waals surface area contributed by atoms with Gasteiger partial charge in [-0.05, 0) is 32.0 Å². The lowest BCUT2D eigenvalue weighted by atomic mass is 9.89. The van der Waals surface area contributed by atoms with Gasteiger partial charge in [0.2, 0.25) is 0 Å². The van der Waals surface area contributed by atoms with Crippen LogP contribution in [0.5, 0.6) is 11.5 Å². The minimum atomic E-state index is -4.59. The topological polar surface area (TPSA) is 145 Å². The largest absolute Gasteiger partial charge is 0.493 e. The molecule has 3 aromatic heterocycles. The van der Waals surface area contributed by atoms with Crippen LogP contribution in [0.15, 0.2) is 48.8 Å². The SMILES string of the molecule is COc1cc2cc(-c3ccc(C(OS(C)(=O)=O)C(=O)Nc4cc(C(C)(C)C(F)(F)F)[nH]n4)cn3)cnc2cc1OC. The minimum Gasteiger partial charge on any atom is -0.493 e. The van der Waals surface area contributed by atoms with Crippen molar-refractivity contribution in [2.24, 2.45) is 0 Å². The van der Waals surface area contributed by atoms with E-state index in [4.69, 9.17) is 13.7 Å². The molecule has 0 spiro atoms. The summed E-state index contributed by atoms with van der Waals surface area (Å²) in [4.78, 5) is 21.8. The summed E-state index contributed by atoms with van der Waals surface area (Å²) in [5, 5.41) is 9.01. The zero-order valence-electron chi connectivity index (χ0n) is 22.5. The molecule has 0 aliphatic rings. The van der Waals surface area contributed by atoms with Crippen molar-refractivity contribution in [2.75, 3.05) is 25.8 Å². The van der Waals surface area contributed by atoms with Gasteiger partial charge in [0, 0.05) is 41.0 Å². The Morgan fingerprint density at radius 1 is 1.00 bits per heavy atom. The fourth-order valence-corrected chi connectivity index (χ4v) is 4.35. The van der Waals surface area contributed by atoms with Gasteiger partial charge in [0.05, 0.1) is 37.4 Å². The highest BCUT2D eigenvalue weighted by Crippen LogP contribution is 2.40. The number of aromatic nitrogens is 4. The third-order valence-electron chi connectivity index (χ3n) is 6.29. The van der Waals surface area contributed by atoms with E-state index in [0.717, 1.165) is 31.6 Å². The quantitative estimate of drug-likeness (QED) is 0.267. The molecular formula is C26H26F3N5O6S. The van der Waals surface area contributed by atoms with Gasteiger partial charge in [0.1, 0.15) is 5.41 Å². The second kappa shape index (κ2) is 11.0. The number of nitrogens with zero attached hydrogens (tertiary/aromatic N) is 3. The number of fused-ring (bicyclic) bond motifs is 1. The molecule has 218 valence electrons. The number of hydrogen-bond donors (Lipinski definition) is 2. The number of benzene rings is 1. The first-order valence-electron chi connectivity index (χ1n) is 11.9. The first-order chi connectivity index (χ1) is 19.1. The molecule has 0 radical (unpaired) electrons. The van der Waals surface area contributed by atoms with Gasteiger partial charge in [0.25, 0.3) is 16.0 Å². The highest BCUT2D eigenvalue weighted by molar-refractivity contribution is 7.86. The number of carbonyl (C=O) groups is 1. The Hall–Kier alpha value is -4.24. The molecule has 1 atom stereocenters. The van der Waals surface area contributed by atoms with E-state index in [2.05, 4.69) is 25.5 Å². The van der Waals surface area contributed by atoms with Crippen LogP contribution in [-0.4, -0.2) is 61.1 Å². The van der Waals surface area contributed by atoms with E-state index >= 15 is 0 Å². The number of methoxy groups -OCH3 is 2. The highest BCUT2D eigenvalue weighted by Gasteiger charge is 2.49. The van der Waals surface area contributed by atoms with Crippen molar-refractivity contribution in [2.45, 2.75) is 31.5 Å². The number of carbonyl (C=O) groups excluding carboxylic acids is 1. The third kappa shape index (κ3) is 6.41. The van der Waals surface area contributed by atoms with E-state index in [1.54, 1.807) is 24.4 Å². The number of amides is 1. The van der Waals surface area contributed by atoms with E-state index in [9.17, 15) is 26.4 Å². The van der Waals surface area contributed by atoms with Crippen molar-refractivity contribution in [3.63, 3.8) is 0 Å². The number of ether oxygens (including phenoxy) is 2. The van der Waals surface area contributed by atoms with E-state index in [0.29, 0.717) is 28.3 Å². The molecule has 4 aromatic rings. The highest BCUT2D eigenvalue weighted by atomic mass is 32.2. The van der Waals surface area contributed by atoms with Gasteiger partial charge in [-0.25, -0.2) is 0 Å². The molecule has 0 bridgehead atoms. The zero-order chi connectivity index (χ0) is 30.2. The van der Waals surface area contributed by atoms with Crippen LogP contribution < -0.4 is 14.8 Å². The lowest BCUT2D eigenvalue weighted by Gasteiger charge is -2.25. The number of rotatable bonds is 9. The number of pyridine rings is 2. The van der Waals surface area contributed by atoms with Crippen molar-refractivity contribution < 1.29 is 40.0 Å². The Morgan fingerprint density at radius 3 is 2.27 bits per heavy atom. The van der Waals surface area contributed by atoms with Crippen LogP contribution in [0.25, 0.3) is 22.2 Å². The van der Waals surface area contributed by atoms with Crippen molar-refractivity contribution in [1.29, 1.82) is 0 Å². The molecule has 1 amide bonds. The van der Waals surface area contributed by atoms with Crippen molar-refractivity contribution >= 4 is 32.7 Å². The fraction of sp³-hybridized carbons (Fsp3) is 0.308. The maximum absolute atomic E-state index is 13.4. The van der Waals surface area contributed by atoms with Crippen LogP contribution in [0.4, 0.5) is 19.0 Å². The normalized spacial score (nSPS) is 13.2. The molecule has 0 aliphatic carbocycles. The Morgan fingerprint density at radius 2 is 1.68 bits per heavy atom. The van der Waals surface area contributed by atoms with Crippen LogP contribution in [0.3, 0.4) is 0 Å². The van der Waals surface area contributed by atoms with Crippen LogP contribution in [0, 0.1) is 0 Å². The van der Waals surface area contributed by atoms with Crippen LogP contribution >= 0.6 is 0 Å². The second-order valence-electron chi connectivity index (χ2n) is 9.56. The van der Waals surface area contributed by atoms with Crippen LogP contribution in [0.2, 0.25) is 0 Å².